The van der Waals surface area contributed by atoms with Crippen LogP contribution in [0.4, 0.5) is 0 Å². The molecule has 1 aliphatic carbocycles. The van der Waals surface area contributed by atoms with Crippen LogP contribution in [0.3, 0.4) is 0 Å². The molecular formula is C57H74N8O14S. The van der Waals surface area contributed by atoms with Crippen LogP contribution >= 0.6 is 11.7 Å². The van der Waals surface area contributed by atoms with Gasteiger partial charge in [-0.3, -0.25) is 0 Å². The second kappa shape index (κ2) is 24.4. The van der Waals surface area contributed by atoms with Crippen molar-refractivity contribution in [2.24, 2.45) is 0 Å². The summed E-state index contributed by atoms with van der Waals surface area (Å²) in [5.74, 6) is -2.97. The Hall–Kier alpha value is -5.70. The van der Waals surface area contributed by atoms with Crippen LogP contribution in [0, 0.1) is 0 Å². The molecule has 8 N–H and O–H groups in total. The molecule has 10 unspecified atom stereocenters. The van der Waals surface area contributed by atoms with Crippen LogP contribution in [0.2, 0.25) is 0 Å². The van der Waals surface area contributed by atoms with Gasteiger partial charge in [0, 0.05) is 24.2 Å². The zero-order valence-electron chi connectivity index (χ0n) is 46.0. The van der Waals surface area contributed by atoms with Gasteiger partial charge >= 0.3 is 11.9 Å². The summed E-state index contributed by atoms with van der Waals surface area (Å²) in [5.41, 5.74) is 12.0. The minimum absolute atomic E-state index is 0.0815. The van der Waals surface area contributed by atoms with Crippen molar-refractivity contribution in [1.82, 2.24) is 38.7 Å². The molecule has 6 aromatic rings. The van der Waals surface area contributed by atoms with Crippen LogP contribution in [-0.4, -0.2) is 154 Å². The van der Waals surface area contributed by atoms with Gasteiger partial charge in [0.2, 0.25) is 0 Å². The average Bonchev–Trinajstić information content (AvgIpc) is 4.44. The van der Waals surface area contributed by atoms with Crippen LogP contribution in [0.15, 0.2) is 60.9 Å². The summed E-state index contributed by atoms with van der Waals surface area (Å²) in [5, 5.41) is 96.8. The van der Waals surface area contributed by atoms with Gasteiger partial charge in [0.1, 0.15) is 59.0 Å². The Bertz CT molecular complexity index is 3010. The summed E-state index contributed by atoms with van der Waals surface area (Å²) >= 11 is 1.24. The van der Waals surface area contributed by atoms with Crippen LogP contribution < -0.4 is 0 Å². The van der Waals surface area contributed by atoms with E-state index in [-0.39, 0.29) is 29.5 Å². The van der Waals surface area contributed by atoms with E-state index in [2.05, 4.69) is 111 Å². The Kier molecular flexibility index (Phi) is 18.0. The quantitative estimate of drug-likeness (QED) is 0.0348. The summed E-state index contributed by atoms with van der Waals surface area (Å²) < 4.78 is 34.6. The summed E-state index contributed by atoms with van der Waals surface area (Å²) in [6.07, 6.45) is -4.64. The van der Waals surface area contributed by atoms with Gasteiger partial charge < -0.3 is 59.8 Å². The predicted molar refractivity (Wildman–Crippen MR) is 291 cm³/mol. The molecule has 2 saturated heterocycles. The first-order valence-electron chi connectivity index (χ1n) is 27.5. The number of rotatable bonds is 23. The second-order valence-electron chi connectivity index (χ2n) is 23.6. The lowest BCUT2D eigenvalue weighted by Crippen LogP contribution is -2.57. The predicted octanol–water partition coefficient (Wildman–Crippen LogP) is 5.87. The normalized spacial score (nSPS) is 25.9. The first-order valence-corrected chi connectivity index (χ1v) is 28.2. The lowest BCUT2D eigenvalue weighted by Gasteiger charge is -2.38. The van der Waals surface area contributed by atoms with Crippen molar-refractivity contribution in [2.45, 2.75) is 196 Å². The second-order valence-corrected chi connectivity index (χ2v) is 24.1. The Morgan fingerprint density at radius 2 is 1.05 bits per heavy atom. The minimum atomic E-state index is -1.82. The summed E-state index contributed by atoms with van der Waals surface area (Å²) in [6.45, 7) is 14.5. The number of aromatic nitrogens is 8. The molecule has 0 bridgehead atoms. The maximum Gasteiger partial charge on any atom is 0.335 e. The number of ether oxygens (including phenoxy) is 4. The largest absolute Gasteiger partial charge is 0.479 e. The van der Waals surface area contributed by atoms with Crippen molar-refractivity contribution < 1.29 is 69.4 Å². The standard InChI is InChI=1S/C57H74N8O14S/c1-55(2,3)32-16-18-37-36-17-15-31(35-19-20-38(56(4,5)6)42-41(35)60-80-61-42)25-39(36)57(40(37)26-32,21-11-7-9-13-23-76-29-33-27-64(62-58-33)51-47(70)43(66)45(68)49(78-51)53(72)73)22-12-8-10-14-24-77-30-34-28-65(63-59-34)52-48(71)44(67)46(69)50(79-52)54(74)75/h15-20,25-28,43-52,66-71H,7-14,21-24,29-30H2,1-6H3,(H,72,73)(H,74,75). The maximum absolute atomic E-state index is 11.6. The number of carboxylic acid groups (broad SMARTS) is 2. The Morgan fingerprint density at radius 3 is 1.55 bits per heavy atom. The molecule has 0 saturated carbocycles. The summed E-state index contributed by atoms with van der Waals surface area (Å²) in [7, 11) is 0. The molecule has 80 heavy (non-hydrogen) atoms. The smallest absolute Gasteiger partial charge is 0.335 e. The zero-order chi connectivity index (χ0) is 57.3. The van der Waals surface area contributed by atoms with Crippen LogP contribution in [0.1, 0.15) is 152 Å². The highest BCUT2D eigenvalue weighted by Crippen LogP contribution is 2.56. The number of unbranched alkanes of at least 4 members (excludes halogenated alkanes) is 6. The molecular weight excluding hydrogens is 1050 g/mol. The van der Waals surface area contributed by atoms with Gasteiger partial charge in [0.05, 0.1) is 37.3 Å². The van der Waals surface area contributed by atoms with Gasteiger partial charge in [-0.2, -0.15) is 8.75 Å². The monoisotopic (exact) mass is 1130 g/mol. The third-order valence-corrected chi connectivity index (χ3v) is 16.4. The van der Waals surface area contributed by atoms with Crippen molar-refractivity contribution in [3.05, 3.63) is 94.6 Å². The summed E-state index contributed by atoms with van der Waals surface area (Å²) in [6, 6.07) is 18.4. The van der Waals surface area contributed by atoms with Crippen LogP contribution in [0.5, 0.6) is 0 Å². The summed E-state index contributed by atoms with van der Waals surface area (Å²) in [4.78, 5) is 23.2. The van der Waals surface area contributed by atoms with E-state index in [0.717, 1.165) is 101 Å². The molecule has 2 fully saturated rings. The fourth-order valence-electron chi connectivity index (χ4n) is 11.4. The van der Waals surface area contributed by atoms with E-state index in [0.29, 0.717) is 24.6 Å². The number of benzene rings is 3. The minimum Gasteiger partial charge on any atom is -0.479 e. The SMILES string of the molecule is CC(C)(C)c1ccc2c(c1)C(CCCCCCOCc1cn(C3OC(C(=O)O)C(O)C(O)C3O)nn1)(CCCCCCOCc1cn(C3OC(C(=O)O)C(O)C(O)C3O)nn1)c1cc(-c3ccc(C(C)(C)C)c4nsnc34)ccc1-2. The fourth-order valence-corrected chi connectivity index (χ4v) is 12.0. The number of fused-ring (bicyclic) bond motifs is 4. The number of aliphatic hydroxyl groups is 6. The molecule has 3 aromatic carbocycles. The third-order valence-electron chi connectivity index (χ3n) is 15.8. The number of nitrogens with zero attached hydrogens (tertiary/aromatic N) is 8. The fraction of sp³-hybridized carbons (Fsp3) is 0.579. The molecule has 3 aliphatic rings. The van der Waals surface area contributed by atoms with E-state index >= 15 is 0 Å². The zero-order valence-corrected chi connectivity index (χ0v) is 46.8. The van der Waals surface area contributed by atoms with Gasteiger partial charge in [-0.1, -0.05) is 133 Å². The van der Waals surface area contributed by atoms with Gasteiger partial charge in [-0.15, -0.1) is 10.2 Å². The van der Waals surface area contributed by atoms with Crippen molar-refractivity contribution in [1.29, 1.82) is 0 Å². The van der Waals surface area contributed by atoms with Crippen molar-refractivity contribution in [3.63, 3.8) is 0 Å². The molecule has 2 aliphatic heterocycles. The molecule has 5 heterocycles. The van der Waals surface area contributed by atoms with Crippen molar-refractivity contribution >= 4 is 34.7 Å². The number of hydrogen-bond donors (Lipinski definition) is 8. The number of carbonyl (C=O) groups is 2. The van der Waals surface area contributed by atoms with Gasteiger partial charge in [0.25, 0.3) is 0 Å². The molecule has 0 spiro atoms. The highest BCUT2D eigenvalue weighted by atomic mass is 32.1. The van der Waals surface area contributed by atoms with Crippen LogP contribution in [0.25, 0.3) is 33.3 Å². The van der Waals surface area contributed by atoms with E-state index < -0.39 is 73.2 Å². The van der Waals surface area contributed by atoms with E-state index in [4.69, 9.17) is 27.7 Å². The van der Waals surface area contributed by atoms with Gasteiger partial charge in [-0.25, -0.2) is 19.0 Å². The van der Waals surface area contributed by atoms with Gasteiger partial charge in [-0.05, 0) is 81.5 Å². The number of hydrogen-bond acceptors (Lipinski definition) is 19. The maximum atomic E-state index is 11.6. The Labute approximate surface area is 467 Å². The average molecular weight is 1130 g/mol. The number of aliphatic carboxylic acids is 2. The molecule has 0 amide bonds. The van der Waals surface area contributed by atoms with Gasteiger partial charge in [0.15, 0.2) is 24.7 Å². The molecule has 22 nitrogen and oxygen atoms in total. The molecule has 9 rings (SSSR count). The first-order chi connectivity index (χ1) is 38.1. The van der Waals surface area contributed by atoms with Crippen molar-refractivity contribution in [2.75, 3.05) is 13.2 Å². The molecule has 3 aromatic heterocycles. The topological polar surface area (TPSA) is 320 Å². The van der Waals surface area contributed by atoms with E-state index in [9.17, 15) is 50.4 Å². The third kappa shape index (κ3) is 12.2. The number of aliphatic hydroxyl groups excluding tert-OH is 6. The highest BCUT2D eigenvalue weighted by Gasteiger charge is 2.50. The molecule has 10 atom stereocenters. The highest BCUT2D eigenvalue weighted by molar-refractivity contribution is 7.00. The molecule has 432 valence electrons. The van der Waals surface area contributed by atoms with Crippen LogP contribution in [-0.2, 0) is 58.0 Å². The molecule has 23 heteroatoms. The molecule has 0 radical (unpaired) electrons. The Morgan fingerprint density at radius 1 is 0.575 bits per heavy atom. The lowest BCUT2D eigenvalue weighted by atomic mass is 9.69. The Balaban J connectivity index is 0.872. The lowest BCUT2D eigenvalue weighted by molar-refractivity contribution is -0.249. The first kappa shape index (κ1) is 58.9. The van der Waals surface area contributed by atoms with E-state index in [1.807, 2.05) is 0 Å². The number of carboxylic acids is 2. The van der Waals surface area contributed by atoms with E-state index in [1.54, 1.807) is 0 Å². The van der Waals surface area contributed by atoms with Crippen molar-refractivity contribution in [3.8, 4) is 22.3 Å². The van der Waals surface area contributed by atoms with E-state index in [1.165, 1.54) is 51.9 Å².